The number of nitro groups is 1. The van der Waals surface area contributed by atoms with E-state index in [-0.39, 0.29) is 11.6 Å². The molecule has 0 radical (unpaired) electrons. The van der Waals surface area contributed by atoms with E-state index in [9.17, 15) is 14.9 Å². The van der Waals surface area contributed by atoms with E-state index in [1.165, 1.54) is 12.1 Å². The van der Waals surface area contributed by atoms with Crippen LogP contribution in [-0.4, -0.2) is 36.4 Å². The number of rotatable bonds is 7. The second kappa shape index (κ2) is 8.21. The molecule has 0 bridgehead atoms. The van der Waals surface area contributed by atoms with Gasteiger partial charge in [0.05, 0.1) is 11.5 Å². The summed E-state index contributed by atoms with van der Waals surface area (Å²) in [6, 6.07) is 15.8. The summed E-state index contributed by atoms with van der Waals surface area (Å²) in [7, 11) is 3.83. The third-order valence-corrected chi connectivity index (χ3v) is 3.63. The van der Waals surface area contributed by atoms with Crippen molar-refractivity contribution in [1.82, 2.24) is 4.90 Å². The maximum absolute atomic E-state index is 12.6. The topological polar surface area (TPSA) is 66.7 Å². The molecule has 0 aromatic heterocycles. The van der Waals surface area contributed by atoms with E-state index in [4.69, 9.17) is 0 Å². The Morgan fingerprint density at radius 3 is 2.21 bits per heavy atom. The van der Waals surface area contributed by atoms with Crippen molar-refractivity contribution >= 4 is 17.3 Å². The molecule has 0 spiro atoms. The van der Waals surface area contributed by atoms with Crippen molar-refractivity contribution < 1.29 is 9.72 Å². The van der Waals surface area contributed by atoms with Crippen LogP contribution in [0.25, 0.3) is 0 Å². The molecule has 0 fully saturated rings. The van der Waals surface area contributed by atoms with Crippen LogP contribution in [0.5, 0.6) is 0 Å². The maximum Gasteiger partial charge on any atom is 0.269 e. The second-order valence-electron chi connectivity index (χ2n) is 5.79. The van der Waals surface area contributed by atoms with E-state index >= 15 is 0 Å². The van der Waals surface area contributed by atoms with Gasteiger partial charge in [0, 0.05) is 30.8 Å². The predicted octanol–water partition coefficient (Wildman–Crippen LogP) is 3.08. The van der Waals surface area contributed by atoms with Crippen LogP contribution in [0.15, 0.2) is 54.6 Å². The van der Waals surface area contributed by atoms with Crippen molar-refractivity contribution in [2.75, 3.05) is 25.5 Å². The Balaban J connectivity index is 2.24. The number of benzene rings is 2. The largest absolute Gasteiger partial charge is 0.309 e. The Labute approximate surface area is 141 Å². The molecule has 0 N–H and O–H groups in total. The highest BCUT2D eigenvalue weighted by Crippen LogP contribution is 2.22. The van der Waals surface area contributed by atoms with Gasteiger partial charge in [0.25, 0.3) is 5.69 Å². The van der Waals surface area contributed by atoms with Gasteiger partial charge >= 0.3 is 0 Å². The molecular formula is C18H21N3O3. The van der Waals surface area contributed by atoms with Crippen LogP contribution >= 0.6 is 0 Å². The normalized spacial score (nSPS) is 10.6. The number of carbonyl (C=O) groups excluding carboxylic acids is 1. The minimum absolute atomic E-state index is 0.0126. The zero-order chi connectivity index (χ0) is 17.5. The van der Waals surface area contributed by atoms with E-state index in [2.05, 4.69) is 0 Å². The van der Waals surface area contributed by atoms with Gasteiger partial charge < -0.3 is 9.80 Å². The van der Waals surface area contributed by atoms with Crippen LogP contribution in [0.4, 0.5) is 11.4 Å². The van der Waals surface area contributed by atoms with Gasteiger partial charge in [-0.2, -0.15) is 0 Å². The zero-order valence-corrected chi connectivity index (χ0v) is 13.9. The van der Waals surface area contributed by atoms with Crippen molar-refractivity contribution in [2.24, 2.45) is 0 Å². The Bertz CT molecular complexity index is 684. The fourth-order valence-electron chi connectivity index (χ4n) is 2.30. The molecule has 0 aliphatic carbocycles. The smallest absolute Gasteiger partial charge is 0.269 e. The van der Waals surface area contributed by atoms with Gasteiger partial charge in [-0.15, -0.1) is 0 Å². The summed E-state index contributed by atoms with van der Waals surface area (Å²) in [4.78, 5) is 26.6. The minimum atomic E-state index is -0.445. The van der Waals surface area contributed by atoms with Crippen molar-refractivity contribution in [3.63, 3.8) is 0 Å². The SMILES string of the molecule is CN(C)CCC(=O)N(Cc1ccccc1)c1ccc([N+](=O)[O-])cc1. The van der Waals surface area contributed by atoms with Crippen molar-refractivity contribution in [2.45, 2.75) is 13.0 Å². The number of amides is 1. The monoisotopic (exact) mass is 327 g/mol. The first-order valence-corrected chi connectivity index (χ1v) is 7.71. The molecule has 0 unspecified atom stereocenters. The van der Waals surface area contributed by atoms with Crippen LogP contribution in [0, 0.1) is 10.1 Å². The quantitative estimate of drug-likeness (QED) is 0.579. The lowest BCUT2D eigenvalue weighted by atomic mass is 10.1. The summed E-state index contributed by atoms with van der Waals surface area (Å²) in [5.41, 5.74) is 1.68. The first-order chi connectivity index (χ1) is 11.5. The predicted molar refractivity (Wildman–Crippen MR) is 93.9 cm³/mol. The Morgan fingerprint density at radius 1 is 1.04 bits per heavy atom. The molecule has 0 atom stereocenters. The molecule has 24 heavy (non-hydrogen) atoms. The molecule has 0 aliphatic rings. The number of carbonyl (C=O) groups is 1. The molecule has 126 valence electrons. The highest BCUT2D eigenvalue weighted by atomic mass is 16.6. The zero-order valence-electron chi connectivity index (χ0n) is 13.9. The molecule has 6 heteroatoms. The third-order valence-electron chi connectivity index (χ3n) is 3.63. The number of nitro benzene ring substituents is 1. The number of anilines is 1. The maximum atomic E-state index is 12.6. The Morgan fingerprint density at radius 2 is 1.67 bits per heavy atom. The lowest BCUT2D eigenvalue weighted by molar-refractivity contribution is -0.384. The summed E-state index contributed by atoms with van der Waals surface area (Å²) in [5.74, 6) is -0.0126. The van der Waals surface area contributed by atoms with E-state index < -0.39 is 4.92 Å². The van der Waals surface area contributed by atoms with Crippen LogP contribution < -0.4 is 4.90 Å². The summed E-state index contributed by atoms with van der Waals surface area (Å²) in [5, 5.41) is 10.8. The molecule has 1 amide bonds. The highest BCUT2D eigenvalue weighted by Gasteiger charge is 2.17. The van der Waals surface area contributed by atoms with E-state index in [1.807, 2.05) is 49.3 Å². The molecular weight excluding hydrogens is 306 g/mol. The highest BCUT2D eigenvalue weighted by molar-refractivity contribution is 5.93. The standard InChI is InChI=1S/C18H21N3O3/c1-19(2)13-12-18(22)20(14-15-6-4-3-5-7-15)16-8-10-17(11-9-16)21(23)24/h3-11H,12-14H2,1-2H3. The fourth-order valence-corrected chi connectivity index (χ4v) is 2.30. The number of hydrogen-bond donors (Lipinski definition) is 0. The lowest BCUT2D eigenvalue weighted by Gasteiger charge is -2.24. The van der Waals surface area contributed by atoms with Gasteiger partial charge in [-0.25, -0.2) is 0 Å². The van der Waals surface area contributed by atoms with Crippen molar-refractivity contribution in [3.05, 3.63) is 70.3 Å². The van der Waals surface area contributed by atoms with E-state index in [1.54, 1.807) is 17.0 Å². The average molecular weight is 327 g/mol. The summed E-state index contributed by atoms with van der Waals surface area (Å²) in [6.07, 6.45) is 0.386. The van der Waals surface area contributed by atoms with Crippen LogP contribution in [-0.2, 0) is 11.3 Å². The van der Waals surface area contributed by atoms with E-state index in [0.29, 0.717) is 25.2 Å². The first kappa shape index (κ1) is 17.6. The Hall–Kier alpha value is -2.73. The molecule has 2 aromatic carbocycles. The van der Waals surface area contributed by atoms with Gasteiger partial charge in [-0.1, -0.05) is 30.3 Å². The number of hydrogen-bond acceptors (Lipinski definition) is 4. The summed E-state index contributed by atoms with van der Waals surface area (Å²) in [6.45, 7) is 1.09. The van der Waals surface area contributed by atoms with Gasteiger partial charge in [0.1, 0.15) is 0 Å². The Kier molecular flexibility index (Phi) is 6.03. The summed E-state index contributed by atoms with van der Waals surface area (Å²) >= 11 is 0. The minimum Gasteiger partial charge on any atom is -0.309 e. The van der Waals surface area contributed by atoms with Gasteiger partial charge in [0.15, 0.2) is 0 Å². The summed E-state index contributed by atoms with van der Waals surface area (Å²) < 4.78 is 0. The fraction of sp³-hybridized carbons (Fsp3) is 0.278. The third kappa shape index (κ3) is 4.89. The van der Waals surface area contributed by atoms with Crippen molar-refractivity contribution in [3.8, 4) is 0 Å². The van der Waals surface area contributed by atoms with Gasteiger partial charge in [0.2, 0.25) is 5.91 Å². The average Bonchev–Trinajstić information content (AvgIpc) is 2.58. The van der Waals surface area contributed by atoms with Crippen LogP contribution in [0.2, 0.25) is 0 Å². The van der Waals surface area contributed by atoms with Gasteiger partial charge in [-0.3, -0.25) is 14.9 Å². The molecule has 2 aromatic rings. The number of non-ortho nitro benzene ring substituents is 1. The number of nitrogens with zero attached hydrogens (tertiary/aromatic N) is 3. The molecule has 2 rings (SSSR count). The molecule has 6 nitrogen and oxygen atoms in total. The van der Waals surface area contributed by atoms with Crippen molar-refractivity contribution in [1.29, 1.82) is 0 Å². The molecule has 0 saturated carbocycles. The molecule has 0 heterocycles. The molecule has 0 saturated heterocycles. The molecule has 0 aliphatic heterocycles. The van der Waals surface area contributed by atoms with Gasteiger partial charge in [-0.05, 0) is 31.8 Å². The second-order valence-corrected chi connectivity index (χ2v) is 5.79. The lowest BCUT2D eigenvalue weighted by Crippen LogP contribution is -2.32. The van der Waals surface area contributed by atoms with Crippen LogP contribution in [0.3, 0.4) is 0 Å². The van der Waals surface area contributed by atoms with E-state index in [0.717, 1.165) is 5.56 Å². The first-order valence-electron chi connectivity index (χ1n) is 7.71. The van der Waals surface area contributed by atoms with Crippen LogP contribution in [0.1, 0.15) is 12.0 Å².